The van der Waals surface area contributed by atoms with Crippen molar-refractivity contribution >= 4 is 23.6 Å². The Hall–Kier alpha value is -3.58. The van der Waals surface area contributed by atoms with E-state index in [1.165, 1.54) is 26.3 Å². The van der Waals surface area contributed by atoms with Crippen molar-refractivity contribution in [3.8, 4) is 11.8 Å². The number of benzene rings is 1. The summed E-state index contributed by atoms with van der Waals surface area (Å²) in [4.78, 5) is 16.1. The van der Waals surface area contributed by atoms with Gasteiger partial charge < -0.3 is 4.74 Å². The Kier molecular flexibility index (Phi) is 7.79. The van der Waals surface area contributed by atoms with E-state index in [0.717, 1.165) is 17.8 Å². The van der Waals surface area contributed by atoms with Crippen molar-refractivity contribution in [2.45, 2.75) is 37.3 Å². The largest absolute Gasteiger partial charge is 0.496 e. The second-order valence-corrected chi connectivity index (χ2v) is 8.22. The van der Waals surface area contributed by atoms with Gasteiger partial charge in [0, 0.05) is 24.1 Å². The number of hydrogen-bond donors (Lipinski definition) is 0. The molecule has 176 valence electrons. The van der Waals surface area contributed by atoms with E-state index in [9.17, 15) is 23.2 Å². The lowest BCUT2D eigenvalue weighted by Crippen LogP contribution is -2.10. The average Bonchev–Trinajstić information content (AvgIpc) is 3.30. The van der Waals surface area contributed by atoms with E-state index in [2.05, 4.69) is 10.1 Å². The van der Waals surface area contributed by atoms with Gasteiger partial charge in [-0.25, -0.2) is 4.98 Å². The van der Waals surface area contributed by atoms with Crippen LogP contribution in [0.15, 0.2) is 47.8 Å². The molecule has 34 heavy (non-hydrogen) atoms. The molecule has 0 unspecified atom stereocenters. The number of nitrogens with zero attached hydrogens (tertiary/aromatic N) is 4. The maximum Gasteiger partial charge on any atom is 0.433 e. The molecule has 0 atom stereocenters. The predicted octanol–water partition coefficient (Wildman–Crippen LogP) is 5.69. The summed E-state index contributed by atoms with van der Waals surface area (Å²) in [5.41, 5.74) is 1.13. The molecule has 2 aromatic heterocycles. The number of ether oxygens (including phenoxy) is 1. The van der Waals surface area contributed by atoms with E-state index in [1.807, 2.05) is 13.0 Å². The van der Waals surface area contributed by atoms with Crippen LogP contribution in [0.5, 0.6) is 5.75 Å². The molecule has 0 N–H and O–H groups in total. The lowest BCUT2D eigenvalue weighted by molar-refractivity contribution is -0.141. The summed E-state index contributed by atoms with van der Waals surface area (Å²) >= 11 is 1.02. The Morgan fingerprint density at radius 2 is 2.09 bits per heavy atom. The van der Waals surface area contributed by atoms with E-state index in [4.69, 9.17) is 4.74 Å². The van der Waals surface area contributed by atoms with Crippen LogP contribution in [0.25, 0.3) is 6.08 Å². The summed E-state index contributed by atoms with van der Waals surface area (Å²) in [6.07, 6.45) is 1.63. The Morgan fingerprint density at radius 1 is 1.32 bits per heavy atom. The molecule has 0 saturated carbocycles. The van der Waals surface area contributed by atoms with E-state index in [1.54, 1.807) is 35.2 Å². The van der Waals surface area contributed by atoms with Gasteiger partial charge >= 0.3 is 6.18 Å². The average molecular weight is 487 g/mol. The van der Waals surface area contributed by atoms with Gasteiger partial charge in [-0.1, -0.05) is 12.1 Å². The number of nitriles is 1. The molecule has 1 aromatic carbocycles. The fraction of sp³-hybridized carbons (Fsp3) is 0.250. The molecular weight excluding hydrogens is 465 g/mol. The summed E-state index contributed by atoms with van der Waals surface area (Å²) in [7, 11) is 1.49. The first-order valence-corrected chi connectivity index (χ1v) is 11.2. The number of methoxy groups -OCH3 is 1. The molecule has 0 aliphatic carbocycles. The van der Waals surface area contributed by atoms with Gasteiger partial charge in [-0.15, -0.1) is 11.8 Å². The van der Waals surface area contributed by atoms with Gasteiger partial charge in [0.2, 0.25) is 0 Å². The van der Waals surface area contributed by atoms with Crippen LogP contribution in [0, 0.1) is 18.3 Å². The SMILES string of the molecule is CCn1cc(C(=O)/C=C/c2ccc(OC)c(CSc3nc(C(F)(F)F)cc(C)c3C#N)c2)cn1. The minimum Gasteiger partial charge on any atom is -0.496 e. The Labute approximate surface area is 199 Å². The van der Waals surface area contributed by atoms with E-state index < -0.39 is 11.9 Å². The number of pyridine rings is 1. The van der Waals surface area contributed by atoms with Crippen LogP contribution in [0.3, 0.4) is 0 Å². The van der Waals surface area contributed by atoms with Gasteiger partial charge in [-0.2, -0.15) is 23.5 Å². The van der Waals surface area contributed by atoms with Crippen molar-refractivity contribution in [1.29, 1.82) is 5.26 Å². The van der Waals surface area contributed by atoms with Gasteiger partial charge in [-0.3, -0.25) is 9.48 Å². The van der Waals surface area contributed by atoms with Crippen molar-refractivity contribution in [2.75, 3.05) is 7.11 Å². The third kappa shape index (κ3) is 5.85. The highest BCUT2D eigenvalue weighted by atomic mass is 32.2. The molecule has 0 aliphatic rings. The van der Waals surface area contributed by atoms with Crippen LogP contribution >= 0.6 is 11.8 Å². The third-order valence-electron chi connectivity index (χ3n) is 4.92. The maximum absolute atomic E-state index is 13.2. The maximum atomic E-state index is 13.2. The quantitative estimate of drug-likeness (QED) is 0.231. The molecular formula is C24H21F3N4O2S. The van der Waals surface area contributed by atoms with Crippen LogP contribution in [-0.4, -0.2) is 27.7 Å². The second-order valence-electron chi connectivity index (χ2n) is 7.26. The lowest BCUT2D eigenvalue weighted by Gasteiger charge is -2.13. The molecule has 0 fully saturated rings. The second kappa shape index (κ2) is 10.6. The van der Waals surface area contributed by atoms with E-state index in [-0.39, 0.29) is 27.7 Å². The highest BCUT2D eigenvalue weighted by molar-refractivity contribution is 7.98. The molecule has 0 spiro atoms. The summed E-state index contributed by atoms with van der Waals surface area (Å²) in [6, 6.07) is 8.06. The Morgan fingerprint density at radius 3 is 2.71 bits per heavy atom. The zero-order valence-electron chi connectivity index (χ0n) is 18.7. The molecule has 3 aromatic rings. The molecule has 2 heterocycles. The molecule has 0 saturated heterocycles. The molecule has 6 nitrogen and oxygen atoms in total. The van der Waals surface area contributed by atoms with Crippen LogP contribution in [-0.2, 0) is 18.5 Å². The van der Waals surface area contributed by atoms with Crippen molar-refractivity contribution < 1.29 is 22.7 Å². The van der Waals surface area contributed by atoms with Gasteiger partial charge in [0.15, 0.2) is 5.78 Å². The first kappa shape index (κ1) is 25.1. The number of carbonyl (C=O) groups excluding carboxylic acids is 1. The van der Waals surface area contributed by atoms with Gasteiger partial charge in [-0.05, 0) is 49.2 Å². The number of alkyl halides is 3. The topological polar surface area (TPSA) is 80.8 Å². The van der Waals surface area contributed by atoms with Crippen molar-refractivity contribution in [3.63, 3.8) is 0 Å². The molecule has 3 rings (SSSR count). The van der Waals surface area contributed by atoms with Crippen molar-refractivity contribution in [2.24, 2.45) is 0 Å². The molecule has 0 radical (unpaired) electrons. The normalized spacial score (nSPS) is 11.6. The monoisotopic (exact) mass is 486 g/mol. The van der Waals surface area contributed by atoms with Gasteiger partial charge in [0.1, 0.15) is 22.5 Å². The minimum atomic E-state index is -4.61. The predicted molar refractivity (Wildman–Crippen MR) is 123 cm³/mol. The Balaban J connectivity index is 1.84. The summed E-state index contributed by atoms with van der Waals surface area (Å²) in [5.74, 6) is 0.543. The van der Waals surface area contributed by atoms with Gasteiger partial charge in [0.25, 0.3) is 0 Å². The zero-order valence-corrected chi connectivity index (χ0v) is 19.5. The molecule has 0 aliphatic heterocycles. The number of carbonyl (C=O) groups is 1. The fourth-order valence-electron chi connectivity index (χ4n) is 3.12. The first-order valence-electron chi connectivity index (χ1n) is 10.2. The molecule has 0 amide bonds. The van der Waals surface area contributed by atoms with Crippen LogP contribution < -0.4 is 4.74 Å². The zero-order chi connectivity index (χ0) is 24.9. The van der Waals surface area contributed by atoms with E-state index >= 15 is 0 Å². The smallest absolute Gasteiger partial charge is 0.433 e. The summed E-state index contributed by atoms with van der Waals surface area (Å²) in [6.45, 7) is 4.03. The third-order valence-corrected chi connectivity index (χ3v) is 5.95. The minimum absolute atomic E-state index is 0.000868. The number of ketones is 1. The number of hydrogen-bond acceptors (Lipinski definition) is 6. The van der Waals surface area contributed by atoms with Gasteiger partial charge in [0.05, 0.1) is 24.4 Å². The lowest BCUT2D eigenvalue weighted by atomic mass is 10.1. The van der Waals surface area contributed by atoms with Crippen molar-refractivity contribution in [1.82, 2.24) is 14.8 Å². The number of thioether (sulfide) groups is 1. The summed E-state index contributed by atoms with van der Waals surface area (Å²) in [5, 5.41) is 13.5. The number of aromatic nitrogens is 3. The number of rotatable bonds is 8. The molecule has 0 bridgehead atoms. The standard InChI is InChI=1S/C24H21F3N4O2S/c1-4-31-13-18(12-29-31)20(32)7-5-16-6-8-21(33-3)17(10-16)14-34-23-19(11-28)15(2)9-22(30-23)24(25,26)27/h5-10,12-13H,4,14H2,1-3H3/b7-5+. The Bertz CT molecular complexity index is 1280. The highest BCUT2D eigenvalue weighted by Crippen LogP contribution is 2.35. The van der Waals surface area contributed by atoms with Crippen LogP contribution in [0.4, 0.5) is 13.2 Å². The molecule has 10 heteroatoms. The number of halogens is 3. The van der Waals surface area contributed by atoms with Crippen LogP contribution in [0.1, 0.15) is 45.2 Å². The summed E-state index contributed by atoms with van der Waals surface area (Å²) < 4.78 is 46.6. The van der Waals surface area contributed by atoms with Crippen LogP contribution in [0.2, 0.25) is 0 Å². The van der Waals surface area contributed by atoms with E-state index in [0.29, 0.717) is 29.0 Å². The number of aryl methyl sites for hydroxylation is 2. The van der Waals surface area contributed by atoms with Crippen molar-refractivity contribution in [3.05, 3.63) is 76.2 Å². The first-order chi connectivity index (χ1) is 16.2. The fourth-order valence-corrected chi connectivity index (χ4v) is 4.15. The highest BCUT2D eigenvalue weighted by Gasteiger charge is 2.34. The number of allylic oxidation sites excluding steroid dienone is 1.